The molecule has 0 aliphatic rings. The number of hydrogen-bond acceptors (Lipinski definition) is 6. The van der Waals surface area contributed by atoms with Gasteiger partial charge < -0.3 is 14.8 Å². The lowest BCUT2D eigenvalue weighted by Gasteiger charge is -2.23. The molecule has 0 saturated heterocycles. The Bertz CT molecular complexity index is 1010. The molecule has 3 aromatic rings. The summed E-state index contributed by atoms with van der Waals surface area (Å²) in [5, 5.41) is 11.0. The molecular weight excluding hydrogens is 386 g/mol. The van der Waals surface area contributed by atoms with E-state index in [1.54, 1.807) is 6.08 Å². The molecule has 0 spiro atoms. The van der Waals surface area contributed by atoms with Gasteiger partial charge in [-0.3, -0.25) is 9.69 Å². The highest BCUT2D eigenvalue weighted by Crippen LogP contribution is 2.25. The number of aryl methyl sites for hydroxylation is 2. The van der Waals surface area contributed by atoms with Crippen molar-refractivity contribution >= 4 is 21.6 Å². The van der Waals surface area contributed by atoms with E-state index < -0.39 is 6.10 Å². The molecule has 0 bridgehead atoms. The van der Waals surface area contributed by atoms with Crippen LogP contribution in [0.25, 0.3) is 10.2 Å². The number of aromatic amines is 1. The number of H-pyrrole nitrogens is 1. The lowest BCUT2D eigenvalue weighted by Crippen LogP contribution is -2.35. The second-order valence-corrected chi connectivity index (χ2v) is 8.32. The number of fused-ring (bicyclic) bond motifs is 1. The third-order valence-electron chi connectivity index (χ3n) is 4.74. The lowest BCUT2D eigenvalue weighted by atomic mass is 10.2. The van der Waals surface area contributed by atoms with Crippen LogP contribution < -0.4 is 5.56 Å². The number of aromatic nitrogens is 2. The molecule has 0 radical (unpaired) electrons. The summed E-state index contributed by atoms with van der Waals surface area (Å²) in [6, 6.07) is 9.86. The van der Waals surface area contributed by atoms with Gasteiger partial charge in [-0.1, -0.05) is 36.4 Å². The van der Waals surface area contributed by atoms with E-state index in [1.807, 2.05) is 49.1 Å². The van der Waals surface area contributed by atoms with Gasteiger partial charge in [0.25, 0.3) is 5.56 Å². The quantitative estimate of drug-likeness (QED) is 0.499. The van der Waals surface area contributed by atoms with Crippen LogP contribution in [0.1, 0.15) is 21.8 Å². The lowest BCUT2D eigenvalue weighted by molar-refractivity contribution is 0.0101. The van der Waals surface area contributed by atoms with Crippen molar-refractivity contribution in [3.8, 4) is 0 Å². The molecule has 2 N–H and O–H groups in total. The van der Waals surface area contributed by atoms with Gasteiger partial charge >= 0.3 is 0 Å². The highest BCUT2D eigenvalue weighted by atomic mass is 32.1. The Kier molecular flexibility index (Phi) is 7.33. The minimum Gasteiger partial charge on any atom is -0.389 e. The van der Waals surface area contributed by atoms with E-state index in [9.17, 15) is 9.90 Å². The molecule has 2 aromatic heterocycles. The predicted octanol–water partition coefficient (Wildman–Crippen LogP) is 3.17. The summed E-state index contributed by atoms with van der Waals surface area (Å²) < 4.78 is 5.63. The smallest absolute Gasteiger partial charge is 0.259 e. The Hall–Kier alpha value is -2.32. The zero-order valence-corrected chi connectivity index (χ0v) is 17.7. The van der Waals surface area contributed by atoms with Gasteiger partial charge in [-0.05, 0) is 25.0 Å². The van der Waals surface area contributed by atoms with Crippen molar-refractivity contribution in [2.75, 3.05) is 19.7 Å². The average Bonchev–Trinajstić information content (AvgIpc) is 2.97. The largest absolute Gasteiger partial charge is 0.389 e. The van der Waals surface area contributed by atoms with E-state index in [2.05, 4.69) is 16.5 Å². The number of nitrogens with zero attached hydrogens (tertiary/aromatic N) is 2. The van der Waals surface area contributed by atoms with Crippen LogP contribution in [0.3, 0.4) is 0 Å². The second-order valence-electron chi connectivity index (χ2n) is 7.11. The molecule has 7 heteroatoms. The fourth-order valence-electron chi connectivity index (χ4n) is 3.21. The molecule has 0 aliphatic heterocycles. The predicted molar refractivity (Wildman–Crippen MR) is 117 cm³/mol. The van der Waals surface area contributed by atoms with Gasteiger partial charge in [-0.15, -0.1) is 17.9 Å². The monoisotopic (exact) mass is 413 g/mol. The van der Waals surface area contributed by atoms with E-state index in [0.717, 1.165) is 20.8 Å². The van der Waals surface area contributed by atoms with Crippen molar-refractivity contribution in [1.29, 1.82) is 0 Å². The summed E-state index contributed by atoms with van der Waals surface area (Å²) in [5.74, 6) is 0.586. The van der Waals surface area contributed by atoms with Gasteiger partial charge in [0.1, 0.15) is 10.7 Å². The summed E-state index contributed by atoms with van der Waals surface area (Å²) in [6.45, 7) is 9.80. The summed E-state index contributed by atoms with van der Waals surface area (Å²) in [7, 11) is 0. The molecule has 1 atom stereocenters. The minimum absolute atomic E-state index is 0.114. The van der Waals surface area contributed by atoms with Crippen molar-refractivity contribution in [1.82, 2.24) is 14.9 Å². The number of aliphatic hydroxyl groups is 1. The highest BCUT2D eigenvalue weighted by molar-refractivity contribution is 7.18. The van der Waals surface area contributed by atoms with Crippen molar-refractivity contribution in [2.45, 2.75) is 33.1 Å². The number of nitrogens with one attached hydrogen (secondary N) is 1. The van der Waals surface area contributed by atoms with Gasteiger partial charge in [0, 0.05) is 18.0 Å². The summed E-state index contributed by atoms with van der Waals surface area (Å²) in [5.41, 5.74) is 1.94. The number of aliphatic hydroxyl groups excluding tert-OH is 1. The summed E-state index contributed by atoms with van der Waals surface area (Å²) >= 11 is 1.53. The van der Waals surface area contributed by atoms with Crippen molar-refractivity contribution in [2.24, 2.45) is 0 Å². The molecule has 0 amide bonds. The van der Waals surface area contributed by atoms with E-state index in [4.69, 9.17) is 4.74 Å². The van der Waals surface area contributed by atoms with Crippen molar-refractivity contribution in [3.63, 3.8) is 0 Å². The number of benzene rings is 1. The summed E-state index contributed by atoms with van der Waals surface area (Å²) in [4.78, 5) is 23.8. The van der Waals surface area contributed by atoms with Crippen molar-refractivity contribution in [3.05, 3.63) is 75.2 Å². The molecule has 0 saturated carbocycles. The maximum absolute atomic E-state index is 12.5. The van der Waals surface area contributed by atoms with E-state index in [1.165, 1.54) is 11.3 Å². The molecule has 0 fully saturated rings. The molecule has 2 heterocycles. The molecule has 1 aromatic carbocycles. The molecule has 3 rings (SSSR count). The third kappa shape index (κ3) is 5.61. The topological polar surface area (TPSA) is 78.5 Å². The zero-order chi connectivity index (χ0) is 20.8. The van der Waals surface area contributed by atoms with Gasteiger partial charge in [0.15, 0.2) is 0 Å². The fraction of sp³-hybridized carbons (Fsp3) is 0.364. The Morgan fingerprint density at radius 2 is 2.10 bits per heavy atom. The number of thiophene rings is 1. The number of rotatable bonds is 10. The van der Waals surface area contributed by atoms with Crippen LogP contribution in [0.2, 0.25) is 0 Å². The Morgan fingerprint density at radius 1 is 1.34 bits per heavy atom. The molecule has 0 unspecified atom stereocenters. The first kappa shape index (κ1) is 21.4. The van der Waals surface area contributed by atoms with Gasteiger partial charge in [-0.25, -0.2) is 4.98 Å². The van der Waals surface area contributed by atoms with E-state index in [0.29, 0.717) is 37.5 Å². The second kappa shape index (κ2) is 9.93. The maximum atomic E-state index is 12.5. The van der Waals surface area contributed by atoms with Crippen LogP contribution >= 0.6 is 11.3 Å². The maximum Gasteiger partial charge on any atom is 0.259 e. The van der Waals surface area contributed by atoms with Crippen LogP contribution in [-0.4, -0.2) is 45.8 Å². The molecule has 29 heavy (non-hydrogen) atoms. The van der Waals surface area contributed by atoms with Crippen LogP contribution in [0.5, 0.6) is 0 Å². The van der Waals surface area contributed by atoms with E-state index in [-0.39, 0.29) is 12.2 Å². The van der Waals surface area contributed by atoms with Gasteiger partial charge in [0.05, 0.1) is 31.2 Å². The number of hydrogen-bond donors (Lipinski definition) is 2. The minimum atomic E-state index is -0.652. The standard InChI is InChI=1S/C22H27N3O3S/c1-4-10-25(11-18(26)14-28-13-17-8-6-5-7-9-17)12-19-23-21(27)20-15(2)16(3)29-22(20)24-19/h4-9,18,26H,1,10-14H2,2-3H3,(H,23,24,27)/t18-/m1/s1. The normalized spacial score (nSPS) is 12.6. The first-order valence-corrected chi connectivity index (χ1v) is 10.4. The first-order valence-electron chi connectivity index (χ1n) is 9.59. The first-order chi connectivity index (χ1) is 14.0. The third-order valence-corrected chi connectivity index (χ3v) is 5.84. The fourth-order valence-corrected chi connectivity index (χ4v) is 4.26. The van der Waals surface area contributed by atoms with Gasteiger partial charge in [-0.2, -0.15) is 0 Å². The van der Waals surface area contributed by atoms with Crippen LogP contribution in [0, 0.1) is 13.8 Å². The molecule has 0 aliphatic carbocycles. The SMILES string of the molecule is C=CCN(Cc1nc2sc(C)c(C)c2c(=O)[nH]1)C[C@@H](O)COCc1ccccc1. The average molecular weight is 414 g/mol. The Balaban J connectivity index is 1.61. The van der Waals surface area contributed by atoms with E-state index >= 15 is 0 Å². The molecule has 6 nitrogen and oxygen atoms in total. The van der Waals surface area contributed by atoms with Crippen LogP contribution in [0.4, 0.5) is 0 Å². The highest BCUT2D eigenvalue weighted by Gasteiger charge is 2.16. The molecule has 154 valence electrons. The molecular formula is C22H27N3O3S. The van der Waals surface area contributed by atoms with Gasteiger partial charge in [0.2, 0.25) is 0 Å². The number of ether oxygens (including phenoxy) is 1. The van der Waals surface area contributed by atoms with Crippen LogP contribution in [-0.2, 0) is 17.9 Å². The summed E-state index contributed by atoms with van der Waals surface area (Å²) in [6.07, 6.45) is 1.12. The Labute approximate surface area is 174 Å². The van der Waals surface area contributed by atoms with Crippen molar-refractivity contribution < 1.29 is 9.84 Å². The van der Waals surface area contributed by atoms with Crippen LogP contribution in [0.15, 0.2) is 47.8 Å². The Morgan fingerprint density at radius 3 is 2.83 bits per heavy atom. The zero-order valence-electron chi connectivity index (χ0n) is 16.9.